The number of halogens is 2. The van der Waals surface area contributed by atoms with E-state index in [4.69, 9.17) is 0 Å². The first kappa shape index (κ1) is 16.2. The summed E-state index contributed by atoms with van der Waals surface area (Å²) in [5.41, 5.74) is 3.06. The van der Waals surface area contributed by atoms with E-state index >= 15 is 0 Å². The third-order valence-corrected chi connectivity index (χ3v) is 5.08. The van der Waals surface area contributed by atoms with Crippen molar-refractivity contribution in [2.24, 2.45) is 0 Å². The molecule has 1 amide bonds. The summed E-state index contributed by atoms with van der Waals surface area (Å²) in [6.07, 6.45) is 0. The second-order valence-corrected chi connectivity index (χ2v) is 6.85. The highest BCUT2D eigenvalue weighted by atomic mass is 127. The Morgan fingerprint density at radius 2 is 1.78 bits per heavy atom. The van der Waals surface area contributed by atoms with Crippen LogP contribution in [0.2, 0.25) is 0 Å². The molecule has 0 saturated carbocycles. The van der Waals surface area contributed by atoms with Gasteiger partial charge in [-0.25, -0.2) is 4.39 Å². The monoisotopic (exact) mass is 424 g/mol. The normalized spacial score (nSPS) is 14.9. The van der Waals surface area contributed by atoms with Crippen molar-refractivity contribution in [3.05, 3.63) is 63.0 Å². The van der Waals surface area contributed by atoms with Gasteiger partial charge in [0, 0.05) is 35.4 Å². The van der Waals surface area contributed by atoms with Gasteiger partial charge >= 0.3 is 0 Å². The second kappa shape index (κ2) is 6.86. The summed E-state index contributed by atoms with van der Waals surface area (Å²) in [5, 5.41) is 0. The largest absolute Gasteiger partial charge is 0.368 e. The van der Waals surface area contributed by atoms with Crippen LogP contribution in [0.25, 0.3) is 0 Å². The van der Waals surface area contributed by atoms with Gasteiger partial charge in [-0.05, 0) is 59.3 Å². The molecule has 5 heteroatoms. The van der Waals surface area contributed by atoms with Crippen LogP contribution < -0.4 is 4.90 Å². The molecule has 1 heterocycles. The molecule has 1 aliphatic heterocycles. The van der Waals surface area contributed by atoms with Crippen LogP contribution in [0.15, 0.2) is 42.5 Å². The number of hydrogen-bond acceptors (Lipinski definition) is 2. The van der Waals surface area contributed by atoms with Crippen LogP contribution in [0.3, 0.4) is 0 Å². The van der Waals surface area contributed by atoms with E-state index in [1.165, 1.54) is 23.4 Å². The Morgan fingerprint density at radius 1 is 1.09 bits per heavy atom. The molecule has 0 atom stereocenters. The van der Waals surface area contributed by atoms with Crippen molar-refractivity contribution in [2.45, 2.75) is 6.92 Å². The van der Waals surface area contributed by atoms with Crippen LogP contribution >= 0.6 is 22.6 Å². The Balaban J connectivity index is 1.69. The summed E-state index contributed by atoms with van der Waals surface area (Å²) >= 11 is 2.02. The average molecular weight is 424 g/mol. The first-order valence-corrected chi connectivity index (χ1v) is 8.69. The molecule has 1 aliphatic rings. The maximum Gasteiger partial charge on any atom is 0.255 e. The molecule has 1 saturated heterocycles. The molecular weight excluding hydrogens is 406 g/mol. The van der Waals surface area contributed by atoms with E-state index in [0.29, 0.717) is 22.2 Å². The maximum atomic E-state index is 13.2. The van der Waals surface area contributed by atoms with Gasteiger partial charge in [-0.1, -0.05) is 18.2 Å². The lowest BCUT2D eigenvalue weighted by molar-refractivity contribution is 0.0745. The number of carbonyl (C=O) groups is 1. The predicted octanol–water partition coefficient (Wildman–Crippen LogP) is 3.70. The van der Waals surface area contributed by atoms with Crippen LogP contribution in [0.1, 0.15) is 15.9 Å². The molecule has 0 aromatic heterocycles. The van der Waals surface area contributed by atoms with Crippen LogP contribution in [0.5, 0.6) is 0 Å². The molecule has 0 radical (unpaired) electrons. The molecule has 0 unspecified atom stereocenters. The maximum absolute atomic E-state index is 13.2. The summed E-state index contributed by atoms with van der Waals surface area (Å²) in [6, 6.07) is 12.6. The van der Waals surface area contributed by atoms with E-state index in [2.05, 4.69) is 24.0 Å². The van der Waals surface area contributed by atoms with E-state index in [0.717, 1.165) is 13.1 Å². The molecule has 0 aliphatic carbocycles. The Kier molecular flexibility index (Phi) is 4.84. The smallest absolute Gasteiger partial charge is 0.255 e. The van der Waals surface area contributed by atoms with Crippen LogP contribution in [-0.2, 0) is 0 Å². The quantitative estimate of drug-likeness (QED) is 0.687. The van der Waals surface area contributed by atoms with Crippen molar-refractivity contribution >= 4 is 34.2 Å². The van der Waals surface area contributed by atoms with Gasteiger partial charge in [0.1, 0.15) is 5.82 Å². The van der Waals surface area contributed by atoms with E-state index in [1.54, 1.807) is 6.07 Å². The minimum Gasteiger partial charge on any atom is -0.368 e. The summed E-state index contributed by atoms with van der Waals surface area (Å²) in [7, 11) is 0. The first-order chi connectivity index (χ1) is 11.1. The van der Waals surface area contributed by atoms with Gasteiger partial charge in [0.15, 0.2) is 0 Å². The van der Waals surface area contributed by atoms with Crippen molar-refractivity contribution < 1.29 is 9.18 Å². The van der Waals surface area contributed by atoms with Crippen molar-refractivity contribution in [1.29, 1.82) is 0 Å². The zero-order valence-electron chi connectivity index (χ0n) is 12.9. The third kappa shape index (κ3) is 3.49. The van der Waals surface area contributed by atoms with Gasteiger partial charge < -0.3 is 9.80 Å². The number of nitrogens with zero attached hydrogens (tertiary/aromatic N) is 2. The molecular formula is C18H18FIN2O. The van der Waals surface area contributed by atoms with Crippen molar-refractivity contribution in [3.8, 4) is 0 Å². The number of rotatable bonds is 2. The van der Waals surface area contributed by atoms with E-state index in [-0.39, 0.29) is 11.7 Å². The molecule has 0 spiro atoms. The van der Waals surface area contributed by atoms with Gasteiger partial charge in [-0.15, -0.1) is 0 Å². The predicted molar refractivity (Wildman–Crippen MR) is 98.4 cm³/mol. The van der Waals surface area contributed by atoms with E-state index < -0.39 is 0 Å². The molecule has 3 nitrogen and oxygen atoms in total. The second-order valence-electron chi connectivity index (χ2n) is 5.69. The van der Waals surface area contributed by atoms with Crippen molar-refractivity contribution in [1.82, 2.24) is 4.90 Å². The molecule has 0 N–H and O–H groups in total. The Morgan fingerprint density at radius 3 is 2.43 bits per heavy atom. The molecule has 120 valence electrons. The number of aryl methyl sites for hydroxylation is 1. The van der Waals surface area contributed by atoms with Gasteiger partial charge in [0.2, 0.25) is 0 Å². The number of amides is 1. The molecule has 1 fully saturated rings. The van der Waals surface area contributed by atoms with Gasteiger partial charge in [0.05, 0.1) is 5.56 Å². The van der Waals surface area contributed by atoms with Crippen molar-refractivity contribution in [3.63, 3.8) is 0 Å². The molecule has 3 rings (SSSR count). The minimum atomic E-state index is -0.310. The zero-order valence-corrected chi connectivity index (χ0v) is 15.1. The number of benzene rings is 2. The fourth-order valence-electron chi connectivity index (χ4n) is 2.90. The van der Waals surface area contributed by atoms with Gasteiger partial charge in [-0.2, -0.15) is 0 Å². The highest BCUT2D eigenvalue weighted by Gasteiger charge is 2.24. The first-order valence-electron chi connectivity index (χ1n) is 7.61. The number of anilines is 1. The molecule has 23 heavy (non-hydrogen) atoms. The van der Waals surface area contributed by atoms with Crippen molar-refractivity contribution in [2.75, 3.05) is 31.1 Å². The number of carbonyl (C=O) groups excluding carboxylic acids is 1. The number of piperazine rings is 1. The Bertz CT molecular complexity index is 727. The standard InChI is InChI=1S/C18H18FIN2O/c1-13-4-2-3-5-17(13)21-8-10-22(11-9-21)18(23)15-7-6-14(19)12-16(15)20/h2-7,12H,8-11H2,1H3. The highest BCUT2D eigenvalue weighted by molar-refractivity contribution is 14.1. The van der Waals surface area contributed by atoms with Crippen LogP contribution in [0, 0.1) is 16.3 Å². The Labute approximate surface area is 149 Å². The van der Waals surface area contributed by atoms with Gasteiger partial charge in [0.25, 0.3) is 5.91 Å². The summed E-state index contributed by atoms with van der Waals surface area (Å²) in [6.45, 7) is 5.09. The van der Waals surface area contributed by atoms with Gasteiger partial charge in [-0.3, -0.25) is 4.79 Å². The molecule has 2 aromatic carbocycles. The summed E-state index contributed by atoms with van der Waals surface area (Å²) in [5.74, 6) is -0.325. The Hall–Kier alpha value is -1.63. The zero-order chi connectivity index (χ0) is 16.4. The average Bonchev–Trinajstić information content (AvgIpc) is 2.55. The van der Waals surface area contributed by atoms with Crippen LogP contribution in [-0.4, -0.2) is 37.0 Å². The number of para-hydroxylation sites is 1. The lowest BCUT2D eigenvalue weighted by Gasteiger charge is -2.37. The fraction of sp³-hybridized carbons (Fsp3) is 0.278. The molecule has 0 bridgehead atoms. The SMILES string of the molecule is Cc1ccccc1N1CCN(C(=O)c2ccc(F)cc2I)CC1. The minimum absolute atomic E-state index is 0.0150. The van der Waals surface area contributed by atoms with E-state index in [1.807, 2.05) is 39.6 Å². The molecule has 2 aromatic rings. The summed E-state index contributed by atoms with van der Waals surface area (Å²) in [4.78, 5) is 16.8. The third-order valence-electron chi connectivity index (χ3n) is 4.18. The van der Waals surface area contributed by atoms with Crippen LogP contribution in [0.4, 0.5) is 10.1 Å². The van der Waals surface area contributed by atoms with E-state index in [9.17, 15) is 9.18 Å². The lowest BCUT2D eigenvalue weighted by atomic mass is 10.1. The topological polar surface area (TPSA) is 23.6 Å². The highest BCUT2D eigenvalue weighted by Crippen LogP contribution is 2.22. The number of hydrogen-bond donors (Lipinski definition) is 0. The fourth-order valence-corrected chi connectivity index (χ4v) is 3.61. The summed E-state index contributed by atoms with van der Waals surface area (Å²) < 4.78 is 13.9. The lowest BCUT2D eigenvalue weighted by Crippen LogP contribution is -2.49.